The molecule has 0 radical (unpaired) electrons. The minimum atomic E-state index is -0.370. The van der Waals surface area contributed by atoms with Crippen LogP contribution in [0.1, 0.15) is 25.5 Å². The molecular formula is C11H17NO2. The Hall–Kier alpha value is -1.06. The van der Waals surface area contributed by atoms with E-state index in [0.29, 0.717) is 0 Å². The molecule has 0 spiro atoms. The molecule has 3 heteroatoms. The minimum Gasteiger partial charge on any atom is -0.491 e. The Kier molecular flexibility index (Phi) is 3.92. The SMILES string of the molecule is CC(C)Oc1ccccc1[C@H](N)CO. The molecule has 0 fully saturated rings. The van der Waals surface area contributed by atoms with Crippen LogP contribution in [-0.2, 0) is 0 Å². The summed E-state index contributed by atoms with van der Waals surface area (Å²) < 4.78 is 5.58. The molecule has 14 heavy (non-hydrogen) atoms. The topological polar surface area (TPSA) is 55.5 Å². The van der Waals surface area contributed by atoms with Crippen LogP contribution >= 0.6 is 0 Å². The molecule has 0 unspecified atom stereocenters. The van der Waals surface area contributed by atoms with Gasteiger partial charge in [0.1, 0.15) is 5.75 Å². The molecule has 0 amide bonds. The Labute approximate surface area is 84.5 Å². The van der Waals surface area contributed by atoms with Gasteiger partial charge in [-0.05, 0) is 19.9 Å². The van der Waals surface area contributed by atoms with Crippen molar-refractivity contribution < 1.29 is 9.84 Å². The molecule has 3 nitrogen and oxygen atoms in total. The maximum Gasteiger partial charge on any atom is 0.124 e. The zero-order valence-corrected chi connectivity index (χ0v) is 8.60. The van der Waals surface area contributed by atoms with Gasteiger partial charge in [-0.1, -0.05) is 18.2 Å². The van der Waals surface area contributed by atoms with Gasteiger partial charge >= 0.3 is 0 Å². The summed E-state index contributed by atoms with van der Waals surface area (Å²) >= 11 is 0. The summed E-state index contributed by atoms with van der Waals surface area (Å²) in [5, 5.41) is 8.97. The van der Waals surface area contributed by atoms with Crippen LogP contribution in [0.3, 0.4) is 0 Å². The van der Waals surface area contributed by atoms with Gasteiger partial charge in [0, 0.05) is 5.56 Å². The summed E-state index contributed by atoms with van der Waals surface area (Å²) in [5.74, 6) is 0.754. The molecule has 0 aliphatic heterocycles. The van der Waals surface area contributed by atoms with Crippen molar-refractivity contribution >= 4 is 0 Å². The monoisotopic (exact) mass is 195 g/mol. The van der Waals surface area contributed by atoms with Crippen LogP contribution in [0.15, 0.2) is 24.3 Å². The Bertz CT molecular complexity index is 286. The van der Waals surface area contributed by atoms with E-state index in [1.807, 2.05) is 38.1 Å². The smallest absolute Gasteiger partial charge is 0.124 e. The molecule has 0 saturated heterocycles. The second-order valence-electron chi connectivity index (χ2n) is 3.49. The van der Waals surface area contributed by atoms with Crippen molar-refractivity contribution in [3.8, 4) is 5.75 Å². The third-order valence-corrected chi connectivity index (χ3v) is 1.88. The lowest BCUT2D eigenvalue weighted by molar-refractivity contribution is 0.229. The van der Waals surface area contributed by atoms with Crippen molar-refractivity contribution in [2.45, 2.75) is 26.0 Å². The molecule has 0 aliphatic carbocycles. The molecule has 1 rings (SSSR count). The lowest BCUT2D eigenvalue weighted by atomic mass is 10.1. The van der Waals surface area contributed by atoms with E-state index >= 15 is 0 Å². The summed E-state index contributed by atoms with van der Waals surface area (Å²) in [6.07, 6.45) is 0.113. The van der Waals surface area contributed by atoms with Gasteiger partial charge < -0.3 is 15.6 Å². The number of benzene rings is 1. The Morgan fingerprint density at radius 2 is 2.00 bits per heavy atom. The van der Waals surface area contributed by atoms with Gasteiger partial charge in [-0.15, -0.1) is 0 Å². The molecule has 0 saturated carbocycles. The zero-order valence-electron chi connectivity index (χ0n) is 8.60. The molecule has 0 bridgehead atoms. The largest absolute Gasteiger partial charge is 0.491 e. The van der Waals surface area contributed by atoms with E-state index in [1.54, 1.807) is 0 Å². The first-order valence-corrected chi connectivity index (χ1v) is 4.77. The predicted molar refractivity (Wildman–Crippen MR) is 56.2 cm³/mol. The summed E-state index contributed by atoms with van der Waals surface area (Å²) in [6.45, 7) is 3.85. The number of rotatable bonds is 4. The molecule has 1 aromatic rings. The highest BCUT2D eigenvalue weighted by atomic mass is 16.5. The molecule has 1 atom stereocenters. The van der Waals surface area contributed by atoms with Gasteiger partial charge in [-0.3, -0.25) is 0 Å². The highest BCUT2D eigenvalue weighted by molar-refractivity contribution is 5.35. The number of para-hydroxylation sites is 1. The number of aliphatic hydroxyl groups excluding tert-OH is 1. The fourth-order valence-corrected chi connectivity index (χ4v) is 1.25. The average molecular weight is 195 g/mol. The quantitative estimate of drug-likeness (QED) is 0.764. The Morgan fingerprint density at radius 3 is 2.57 bits per heavy atom. The molecule has 1 aromatic carbocycles. The minimum absolute atomic E-state index is 0.0710. The Balaban J connectivity index is 2.91. The standard InChI is InChI=1S/C11H17NO2/c1-8(2)14-11-6-4-3-5-9(11)10(12)7-13/h3-6,8,10,13H,7,12H2,1-2H3/t10-/m1/s1. The maximum absolute atomic E-state index is 8.97. The lowest BCUT2D eigenvalue weighted by Gasteiger charge is -2.17. The van der Waals surface area contributed by atoms with Crippen molar-refractivity contribution in [2.75, 3.05) is 6.61 Å². The van der Waals surface area contributed by atoms with Gasteiger partial charge in [0.25, 0.3) is 0 Å². The summed E-state index contributed by atoms with van der Waals surface area (Å²) in [6, 6.07) is 7.15. The third-order valence-electron chi connectivity index (χ3n) is 1.88. The number of hydrogen-bond acceptors (Lipinski definition) is 3. The molecule has 0 heterocycles. The van der Waals surface area contributed by atoms with Gasteiger partial charge in [-0.25, -0.2) is 0 Å². The van der Waals surface area contributed by atoms with E-state index in [0.717, 1.165) is 11.3 Å². The van der Waals surface area contributed by atoms with Crippen molar-refractivity contribution in [1.82, 2.24) is 0 Å². The first kappa shape index (κ1) is 11.0. The molecule has 3 N–H and O–H groups in total. The van der Waals surface area contributed by atoms with Crippen molar-refractivity contribution in [3.05, 3.63) is 29.8 Å². The third kappa shape index (κ3) is 2.72. The van der Waals surface area contributed by atoms with Gasteiger partial charge in [0.15, 0.2) is 0 Å². The summed E-state index contributed by atoms with van der Waals surface area (Å²) in [5.41, 5.74) is 6.59. The van der Waals surface area contributed by atoms with E-state index in [2.05, 4.69) is 0 Å². The van der Waals surface area contributed by atoms with Gasteiger partial charge in [0.2, 0.25) is 0 Å². The number of nitrogens with two attached hydrogens (primary N) is 1. The van der Waals surface area contributed by atoms with E-state index in [9.17, 15) is 0 Å². The second kappa shape index (κ2) is 4.98. The first-order valence-electron chi connectivity index (χ1n) is 4.77. The predicted octanol–water partition coefficient (Wildman–Crippen LogP) is 1.47. The van der Waals surface area contributed by atoms with Crippen molar-refractivity contribution in [1.29, 1.82) is 0 Å². The highest BCUT2D eigenvalue weighted by Gasteiger charge is 2.11. The van der Waals surface area contributed by atoms with Crippen LogP contribution in [0.2, 0.25) is 0 Å². The normalized spacial score (nSPS) is 12.9. The van der Waals surface area contributed by atoms with Crippen LogP contribution in [-0.4, -0.2) is 17.8 Å². The number of aliphatic hydroxyl groups is 1. The fourth-order valence-electron chi connectivity index (χ4n) is 1.25. The van der Waals surface area contributed by atoms with Crippen LogP contribution in [0.4, 0.5) is 0 Å². The second-order valence-corrected chi connectivity index (χ2v) is 3.49. The fraction of sp³-hybridized carbons (Fsp3) is 0.455. The zero-order chi connectivity index (χ0) is 10.6. The Morgan fingerprint density at radius 1 is 1.36 bits per heavy atom. The van der Waals surface area contributed by atoms with E-state index < -0.39 is 0 Å². The molecule has 78 valence electrons. The molecule has 0 aliphatic rings. The lowest BCUT2D eigenvalue weighted by Crippen LogP contribution is -2.17. The number of hydrogen-bond donors (Lipinski definition) is 2. The van der Waals surface area contributed by atoms with Gasteiger partial charge in [-0.2, -0.15) is 0 Å². The number of ether oxygens (including phenoxy) is 1. The first-order chi connectivity index (χ1) is 6.65. The van der Waals surface area contributed by atoms with Crippen LogP contribution in [0, 0.1) is 0 Å². The van der Waals surface area contributed by atoms with Crippen LogP contribution in [0.5, 0.6) is 5.75 Å². The summed E-state index contributed by atoms with van der Waals surface area (Å²) in [4.78, 5) is 0. The van der Waals surface area contributed by atoms with Gasteiger partial charge in [0.05, 0.1) is 18.8 Å². The maximum atomic E-state index is 8.97. The van der Waals surface area contributed by atoms with E-state index in [-0.39, 0.29) is 18.8 Å². The molecule has 0 aromatic heterocycles. The summed E-state index contributed by atoms with van der Waals surface area (Å²) in [7, 11) is 0. The van der Waals surface area contributed by atoms with E-state index in [1.165, 1.54) is 0 Å². The van der Waals surface area contributed by atoms with Crippen LogP contribution < -0.4 is 10.5 Å². The van der Waals surface area contributed by atoms with Crippen LogP contribution in [0.25, 0.3) is 0 Å². The molecular weight excluding hydrogens is 178 g/mol. The van der Waals surface area contributed by atoms with Crippen molar-refractivity contribution in [2.24, 2.45) is 5.73 Å². The van der Waals surface area contributed by atoms with Crippen molar-refractivity contribution in [3.63, 3.8) is 0 Å². The highest BCUT2D eigenvalue weighted by Crippen LogP contribution is 2.24. The van der Waals surface area contributed by atoms with E-state index in [4.69, 9.17) is 15.6 Å². The average Bonchev–Trinajstić information content (AvgIpc) is 2.16.